The van der Waals surface area contributed by atoms with Gasteiger partial charge >= 0.3 is 0 Å². The Morgan fingerprint density at radius 3 is 2.29 bits per heavy atom. The minimum atomic E-state index is 0.0846. The quantitative estimate of drug-likeness (QED) is 0.631. The molecule has 21 heavy (non-hydrogen) atoms. The van der Waals surface area contributed by atoms with E-state index in [0.717, 1.165) is 43.7 Å². The van der Waals surface area contributed by atoms with Crippen molar-refractivity contribution in [1.29, 1.82) is 0 Å². The normalized spacial score (nSPS) is 10.5. The standard InChI is InChI=1S/C17H27NO2S/c1-5-7-11-18(12-8-6-2)17(19)15-10-9-14(21-4)13-16(15)20-3/h9-10,13H,5-8,11-12H2,1-4H3. The molecule has 0 unspecified atom stereocenters. The maximum Gasteiger partial charge on any atom is 0.257 e. The Kier molecular flexibility index (Phi) is 8.28. The van der Waals surface area contributed by atoms with Gasteiger partial charge in [-0.25, -0.2) is 0 Å². The number of hydrogen-bond acceptors (Lipinski definition) is 3. The number of thioether (sulfide) groups is 1. The number of benzene rings is 1. The van der Waals surface area contributed by atoms with Gasteiger partial charge in [-0.05, 0) is 37.3 Å². The zero-order valence-corrected chi connectivity index (χ0v) is 14.5. The maximum atomic E-state index is 12.8. The smallest absolute Gasteiger partial charge is 0.257 e. The summed E-state index contributed by atoms with van der Waals surface area (Å²) in [7, 11) is 1.62. The monoisotopic (exact) mass is 309 g/mol. The highest BCUT2D eigenvalue weighted by Crippen LogP contribution is 2.26. The van der Waals surface area contributed by atoms with E-state index in [9.17, 15) is 4.79 Å². The predicted molar refractivity (Wildman–Crippen MR) is 90.5 cm³/mol. The van der Waals surface area contributed by atoms with E-state index < -0.39 is 0 Å². The van der Waals surface area contributed by atoms with Crippen molar-refractivity contribution < 1.29 is 9.53 Å². The highest BCUT2D eigenvalue weighted by Gasteiger charge is 2.19. The van der Waals surface area contributed by atoms with Crippen molar-refractivity contribution in [3.63, 3.8) is 0 Å². The Bertz CT molecular complexity index is 440. The lowest BCUT2D eigenvalue weighted by Gasteiger charge is -2.23. The molecule has 0 aromatic heterocycles. The molecule has 0 N–H and O–H groups in total. The molecule has 1 aromatic carbocycles. The molecule has 0 aliphatic rings. The van der Waals surface area contributed by atoms with Gasteiger partial charge in [0.25, 0.3) is 5.91 Å². The summed E-state index contributed by atoms with van der Waals surface area (Å²) in [4.78, 5) is 15.8. The molecule has 0 aliphatic carbocycles. The summed E-state index contributed by atoms with van der Waals surface area (Å²) >= 11 is 1.65. The summed E-state index contributed by atoms with van der Waals surface area (Å²) in [5.41, 5.74) is 0.669. The van der Waals surface area contributed by atoms with Crippen LogP contribution in [0.2, 0.25) is 0 Å². The average molecular weight is 309 g/mol. The number of unbranched alkanes of at least 4 members (excludes halogenated alkanes) is 2. The predicted octanol–water partition coefficient (Wildman–Crippen LogP) is 4.46. The molecule has 0 aliphatic heterocycles. The Morgan fingerprint density at radius 1 is 1.19 bits per heavy atom. The summed E-state index contributed by atoms with van der Waals surface area (Å²) in [6.45, 7) is 5.94. The Labute approximate surface area is 133 Å². The molecule has 0 bridgehead atoms. The van der Waals surface area contributed by atoms with Crippen molar-refractivity contribution in [3.8, 4) is 5.75 Å². The first-order valence-corrected chi connectivity index (χ1v) is 8.91. The largest absolute Gasteiger partial charge is 0.496 e. The van der Waals surface area contributed by atoms with Crippen molar-refractivity contribution in [3.05, 3.63) is 23.8 Å². The van der Waals surface area contributed by atoms with Crippen LogP contribution in [-0.2, 0) is 0 Å². The summed E-state index contributed by atoms with van der Waals surface area (Å²) in [5, 5.41) is 0. The van der Waals surface area contributed by atoms with Gasteiger partial charge in [0.15, 0.2) is 0 Å². The fourth-order valence-corrected chi connectivity index (χ4v) is 2.59. The fourth-order valence-electron chi connectivity index (χ4n) is 2.16. The van der Waals surface area contributed by atoms with Crippen LogP contribution in [0.15, 0.2) is 23.1 Å². The summed E-state index contributed by atoms with van der Waals surface area (Å²) in [6.07, 6.45) is 6.29. The Hall–Kier alpha value is -1.16. The van der Waals surface area contributed by atoms with Crippen LogP contribution in [0.3, 0.4) is 0 Å². The second kappa shape index (κ2) is 9.72. The van der Waals surface area contributed by atoms with E-state index >= 15 is 0 Å². The van der Waals surface area contributed by atoms with Crippen LogP contribution >= 0.6 is 11.8 Å². The van der Waals surface area contributed by atoms with Crippen LogP contribution in [0.1, 0.15) is 49.9 Å². The van der Waals surface area contributed by atoms with Gasteiger partial charge in [0, 0.05) is 18.0 Å². The summed E-state index contributed by atoms with van der Waals surface area (Å²) < 4.78 is 5.41. The van der Waals surface area contributed by atoms with Gasteiger partial charge in [0.05, 0.1) is 12.7 Å². The third kappa shape index (κ3) is 5.27. The highest BCUT2D eigenvalue weighted by molar-refractivity contribution is 7.98. The first-order valence-electron chi connectivity index (χ1n) is 7.69. The number of nitrogens with zero attached hydrogens (tertiary/aromatic N) is 1. The van der Waals surface area contributed by atoms with Crippen molar-refractivity contribution in [2.45, 2.75) is 44.4 Å². The zero-order valence-electron chi connectivity index (χ0n) is 13.6. The van der Waals surface area contributed by atoms with Gasteiger partial charge in [-0.1, -0.05) is 26.7 Å². The van der Waals surface area contributed by atoms with Crippen LogP contribution in [0.4, 0.5) is 0 Å². The van der Waals surface area contributed by atoms with Gasteiger partial charge in [-0.2, -0.15) is 0 Å². The zero-order chi connectivity index (χ0) is 15.7. The number of rotatable bonds is 9. The molecule has 4 heteroatoms. The molecular weight excluding hydrogens is 282 g/mol. The van der Waals surface area contributed by atoms with E-state index in [1.54, 1.807) is 18.9 Å². The minimum absolute atomic E-state index is 0.0846. The Morgan fingerprint density at radius 2 is 1.81 bits per heavy atom. The first kappa shape index (κ1) is 17.9. The SMILES string of the molecule is CCCCN(CCCC)C(=O)c1ccc(SC)cc1OC. The molecule has 0 heterocycles. The molecular formula is C17H27NO2S. The molecule has 0 radical (unpaired) electrons. The molecule has 118 valence electrons. The number of methoxy groups -OCH3 is 1. The van der Waals surface area contributed by atoms with Gasteiger partial charge in [-0.3, -0.25) is 4.79 Å². The van der Waals surface area contributed by atoms with Crippen LogP contribution in [0, 0.1) is 0 Å². The van der Waals surface area contributed by atoms with E-state index in [1.165, 1.54) is 0 Å². The number of amides is 1. The van der Waals surface area contributed by atoms with Gasteiger partial charge in [-0.15, -0.1) is 11.8 Å². The molecule has 0 saturated carbocycles. The van der Waals surface area contributed by atoms with Gasteiger partial charge < -0.3 is 9.64 Å². The van der Waals surface area contributed by atoms with Crippen LogP contribution < -0.4 is 4.74 Å². The molecule has 0 saturated heterocycles. The van der Waals surface area contributed by atoms with Crippen LogP contribution in [0.5, 0.6) is 5.75 Å². The Balaban J connectivity index is 2.95. The van der Waals surface area contributed by atoms with Crippen molar-refractivity contribution in [1.82, 2.24) is 4.90 Å². The van der Waals surface area contributed by atoms with E-state index in [0.29, 0.717) is 11.3 Å². The molecule has 0 spiro atoms. The average Bonchev–Trinajstić information content (AvgIpc) is 2.53. The maximum absolute atomic E-state index is 12.8. The second-order valence-electron chi connectivity index (χ2n) is 5.07. The van der Waals surface area contributed by atoms with E-state index in [1.807, 2.05) is 29.4 Å². The summed E-state index contributed by atoms with van der Waals surface area (Å²) in [6, 6.07) is 5.81. The number of carbonyl (C=O) groups excluding carboxylic acids is 1. The number of carbonyl (C=O) groups is 1. The molecule has 1 aromatic rings. The lowest BCUT2D eigenvalue weighted by Crippen LogP contribution is -2.33. The lowest BCUT2D eigenvalue weighted by molar-refractivity contribution is 0.0747. The lowest BCUT2D eigenvalue weighted by atomic mass is 10.1. The first-order chi connectivity index (χ1) is 10.2. The van der Waals surface area contributed by atoms with E-state index in [4.69, 9.17) is 4.74 Å². The fraction of sp³-hybridized carbons (Fsp3) is 0.588. The molecule has 0 atom stereocenters. The summed E-state index contributed by atoms with van der Waals surface area (Å²) in [5.74, 6) is 0.756. The van der Waals surface area contributed by atoms with E-state index in [2.05, 4.69) is 13.8 Å². The van der Waals surface area contributed by atoms with Crippen molar-refractivity contribution in [2.75, 3.05) is 26.5 Å². The molecule has 1 amide bonds. The topological polar surface area (TPSA) is 29.5 Å². The third-order valence-corrected chi connectivity index (χ3v) is 4.21. The third-order valence-electron chi connectivity index (χ3n) is 3.49. The number of hydrogen-bond donors (Lipinski definition) is 0. The van der Waals surface area contributed by atoms with Gasteiger partial charge in [0.1, 0.15) is 5.75 Å². The molecule has 3 nitrogen and oxygen atoms in total. The van der Waals surface area contributed by atoms with Gasteiger partial charge in [0.2, 0.25) is 0 Å². The van der Waals surface area contributed by atoms with Crippen molar-refractivity contribution >= 4 is 17.7 Å². The number of ether oxygens (including phenoxy) is 1. The van der Waals surface area contributed by atoms with Crippen molar-refractivity contribution in [2.24, 2.45) is 0 Å². The van der Waals surface area contributed by atoms with E-state index in [-0.39, 0.29) is 5.91 Å². The van der Waals surface area contributed by atoms with Crippen LogP contribution in [-0.4, -0.2) is 37.3 Å². The minimum Gasteiger partial charge on any atom is -0.496 e. The highest BCUT2D eigenvalue weighted by atomic mass is 32.2. The second-order valence-corrected chi connectivity index (χ2v) is 5.95. The van der Waals surface area contributed by atoms with Crippen LogP contribution in [0.25, 0.3) is 0 Å². The molecule has 0 fully saturated rings. The molecule has 1 rings (SSSR count).